The van der Waals surface area contributed by atoms with Gasteiger partial charge in [-0.3, -0.25) is 4.79 Å². The summed E-state index contributed by atoms with van der Waals surface area (Å²) in [5.74, 6) is 1.38. The number of nitrogens with one attached hydrogen (secondary N) is 1. The lowest BCUT2D eigenvalue weighted by Gasteiger charge is -2.29. The van der Waals surface area contributed by atoms with Gasteiger partial charge in [0.15, 0.2) is 5.13 Å². The maximum absolute atomic E-state index is 12.6. The minimum Gasteiger partial charge on any atom is -0.490 e. The summed E-state index contributed by atoms with van der Waals surface area (Å²) >= 11 is 1.42. The molecule has 2 aromatic heterocycles. The van der Waals surface area contributed by atoms with E-state index in [-0.39, 0.29) is 18.1 Å². The molecule has 0 atom stereocenters. The molecule has 3 aromatic rings. The number of aliphatic hydroxyl groups is 1. The first-order valence-corrected chi connectivity index (χ1v) is 11.5. The van der Waals surface area contributed by atoms with Crippen LogP contribution >= 0.6 is 11.3 Å². The molecule has 1 amide bonds. The van der Waals surface area contributed by atoms with Crippen LogP contribution in [0.1, 0.15) is 40.7 Å². The van der Waals surface area contributed by atoms with Crippen molar-refractivity contribution in [2.45, 2.75) is 39.2 Å². The molecule has 166 valence electrons. The Bertz CT molecular complexity index is 1210. The predicted octanol–water partition coefficient (Wildman–Crippen LogP) is 3.04. The Kier molecular flexibility index (Phi) is 5.10. The fraction of sp³-hybridized carbons (Fsp3) is 0.391. The molecule has 32 heavy (non-hydrogen) atoms. The first kappa shape index (κ1) is 20.8. The number of anilines is 2. The summed E-state index contributed by atoms with van der Waals surface area (Å²) in [5, 5.41) is 13.1. The van der Waals surface area contributed by atoms with Gasteiger partial charge in [0.2, 0.25) is 0 Å². The zero-order valence-electron chi connectivity index (χ0n) is 18.3. The number of hydrogen-bond acceptors (Lipinski definition) is 8. The van der Waals surface area contributed by atoms with Crippen LogP contribution in [0.2, 0.25) is 0 Å². The van der Waals surface area contributed by atoms with Gasteiger partial charge < -0.3 is 20.1 Å². The zero-order chi connectivity index (χ0) is 22.5. The van der Waals surface area contributed by atoms with E-state index in [4.69, 9.17) is 9.72 Å². The van der Waals surface area contributed by atoms with Gasteiger partial charge in [0, 0.05) is 36.2 Å². The summed E-state index contributed by atoms with van der Waals surface area (Å²) in [7, 11) is 0. The van der Waals surface area contributed by atoms with Gasteiger partial charge in [-0.1, -0.05) is 11.3 Å². The van der Waals surface area contributed by atoms with Crippen molar-refractivity contribution in [3.63, 3.8) is 0 Å². The first-order valence-electron chi connectivity index (χ1n) is 10.7. The number of aliphatic hydroxyl groups excluding tert-OH is 1. The van der Waals surface area contributed by atoms with Gasteiger partial charge in [-0.25, -0.2) is 15.0 Å². The predicted molar refractivity (Wildman–Crippen MR) is 123 cm³/mol. The van der Waals surface area contributed by atoms with E-state index in [2.05, 4.69) is 20.2 Å². The highest BCUT2D eigenvalue weighted by Crippen LogP contribution is 2.42. The van der Waals surface area contributed by atoms with Crippen molar-refractivity contribution in [2.75, 3.05) is 24.7 Å². The van der Waals surface area contributed by atoms with Crippen molar-refractivity contribution < 1.29 is 14.6 Å². The molecular weight excluding hydrogens is 426 g/mol. The minimum atomic E-state index is -0.303. The Labute approximate surface area is 190 Å². The third-order valence-electron chi connectivity index (χ3n) is 5.56. The number of aromatic nitrogens is 3. The van der Waals surface area contributed by atoms with Crippen molar-refractivity contribution >= 4 is 28.1 Å². The molecule has 5 rings (SSSR count). The Morgan fingerprint density at radius 1 is 1.25 bits per heavy atom. The van der Waals surface area contributed by atoms with Crippen LogP contribution < -0.4 is 15.0 Å². The summed E-state index contributed by atoms with van der Waals surface area (Å²) in [4.78, 5) is 29.2. The summed E-state index contributed by atoms with van der Waals surface area (Å²) in [6, 6.07) is 7.88. The number of carbonyl (C=O) groups is 1. The number of benzene rings is 1. The van der Waals surface area contributed by atoms with Gasteiger partial charge in [0.25, 0.3) is 5.91 Å². The van der Waals surface area contributed by atoms with Gasteiger partial charge in [0.1, 0.15) is 23.1 Å². The number of ether oxygens (including phenoxy) is 1. The number of nitrogens with zero attached hydrogens (tertiary/aromatic N) is 4. The lowest BCUT2D eigenvalue weighted by molar-refractivity contribution is 0.0901. The van der Waals surface area contributed by atoms with Crippen LogP contribution in [-0.4, -0.2) is 51.3 Å². The molecule has 1 aromatic carbocycles. The van der Waals surface area contributed by atoms with E-state index in [1.807, 2.05) is 45.0 Å². The summed E-state index contributed by atoms with van der Waals surface area (Å²) in [5.41, 5.74) is 3.99. The third-order valence-corrected chi connectivity index (χ3v) is 6.68. The molecule has 0 saturated carbocycles. The van der Waals surface area contributed by atoms with E-state index >= 15 is 0 Å². The zero-order valence-corrected chi connectivity index (χ0v) is 19.1. The molecule has 0 fully saturated rings. The molecule has 0 aliphatic carbocycles. The summed E-state index contributed by atoms with van der Waals surface area (Å²) < 4.78 is 5.90. The molecule has 0 unspecified atom stereocenters. The quantitative estimate of drug-likeness (QED) is 0.629. The molecule has 2 aliphatic heterocycles. The standard InChI is InChI=1S/C23H25N5O3S/c1-13-24-15(6-8-29)11-16(25-13)14-4-5-19-18(10-14)28(7-9-31-19)22-26-17-12-23(2,3)27-21(30)20(17)32-22/h4-5,10-11,29H,6-9,12H2,1-3H3,(H,27,30). The molecule has 0 bridgehead atoms. The molecule has 8 nitrogen and oxygen atoms in total. The molecule has 2 aliphatic rings. The first-order chi connectivity index (χ1) is 15.3. The lowest BCUT2D eigenvalue weighted by Crippen LogP contribution is -2.48. The summed E-state index contributed by atoms with van der Waals surface area (Å²) in [6.07, 6.45) is 1.19. The van der Waals surface area contributed by atoms with Gasteiger partial charge in [0.05, 0.1) is 23.6 Å². The van der Waals surface area contributed by atoms with Gasteiger partial charge in [-0.05, 0) is 45.0 Å². The van der Waals surface area contributed by atoms with E-state index in [9.17, 15) is 9.90 Å². The van der Waals surface area contributed by atoms with Crippen molar-refractivity contribution in [1.29, 1.82) is 0 Å². The normalized spacial score (nSPS) is 16.8. The second-order valence-electron chi connectivity index (χ2n) is 8.73. The second kappa shape index (κ2) is 7.83. The van der Waals surface area contributed by atoms with Crippen LogP contribution in [-0.2, 0) is 12.8 Å². The van der Waals surface area contributed by atoms with Crippen LogP contribution in [0, 0.1) is 6.92 Å². The number of hydrogen-bond donors (Lipinski definition) is 2. The van der Waals surface area contributed by atoms with E-state index < -0.39 is 0 Å². The lowest BCUT2D eigenvalue weighted by atomic mass is 9.94. The van der Waals surface area contributed by atoms with Crippen LogP contribution in [0.25, 0.3) is 11.3 Å². The monoisotopic (exact) mass is 451 g/mol. The Morgan fingerprint density at radius 3 is 2.91 bits per heavy atom. The molecule has 0 spiro atoms. The van der Waals surface area contributed by atoms with Gasteiger partial charge in [-0.15, -0.1) is 0 Å². The summed E-state index contributed by atoms with van der Waals surface area (Å²) in [6.45, 7) is 7.11. The number of aryl methyl sites for hydroxylation is 1. The smallest absolute Gasteiger partial charge is 0.263 e. The van der Waals surface area contributed by atoms with Crippen molar-refractivity contribution in [2.24, 2.45) is 0 Å². The molecule has 4 heterocycles. The van der Waals surface area contributed by atoms with Crippen LogP contribution in [0.3, 0.4) is 0 Å². The molecule has 0 radical (unpaired) electrons. The number of thiazole rings is 1. The number of rotatable bonds is 4. The average Bonchev–Trinajstić information content (AvgIpc) is 3.15. The Morgan fingerprint density at radius 2 is 2.09 bits per heavy atom. The Hall–Kier alpha value is -3.04. The fourth-order valence-corrected chi connectivity index (χ4v) is 5.19. The molecule has 9 heteroatoms. The second-order valence-corrected chi connectivity index (χ2v) is 9.71. The fourth-order valence-electron chi connectivity index (χ4n) is 4.17. The van der Waals surface area contributed by atoms with E-state index in [0.29, 0.717) is 36.7 Å². The number of fused-ring (bicyclic) bond motifs is 2. The minimum absolute atomic E-state index is 0.0425. The van der Waals surface area contributed by atoms with Crippen LogP contribution in [0.5, 0.6) is 5.75 Å². The van der Waals surface area contributed by atoms with E-state index in [0.717, 1.165) is 39.2 Å². The van der Waals surface area contributed by atoms with Gasteiger partial charge >= 0.3 is 0 Å². The van der Waals surface area contributed by atoms with Crippen molar-refractivity contribution in [1.82, 2.24) is 20.3 Å². The van der Waals surface area contributed by atoms with Gasteiger partial charge in [-0.2, -0.15) is 0 Å². The van der Waals surface area contributed by atoms with Crippen LogP contribution in [0.15, 0.2) is 24.3 Å². The molecule has 0 saturated heterocycles. The van der Waals surface area contributed by atoms with E-state index in [1.54, 1.807) is 0 Å². The highest BCUT2D eigenvalue weighted by atomic mass is 32.1. The number of carbonyl (C=O) groups excluding carboxylic acids is 1. The highest BCUT2D eigenvalue weighted by Gasteiger charge is 2.34. The van der Waals surface area contributed by atoms with Crippen molar-refractivity contribution in [3.05, 3.63) is 46.4 Å². The SMILES string of the molecule is Cc1nc(CCO)cc(-c2ccc3c(c2)N(c2nc4c(s2)C(=O)NC(C)(C)C4)CCO3)n1. The molecule has 2 N–H and O–H groups in total. The number of amides is 1. The van der Waals surface area contributed by atoms with E-state index in [1.165, 1.54) is 11.3 Å². The Balaban J connectivity index is 1.54. The highest BCUT2D eigenvalue weighted by molar-refractivity contribution is 7.17. The van der Waals surface area contributed by atoms with Crippen LogP contribution in [0.4, 0.5) is 10.8 Å². The average molecular weight is 452 g/mol. The maximum atomic E-state index is 12.6. The maximum Gasteiger partial charge on any atom is 0.263 e. The topological polar surface area (TPSA) is 100 Å². The largest absolute Gasteiger partial charge is 0.490 e. The third kappa shape index (κ3) is 3.82. The van der Waals surface area contributed by atoms with Crippen molar-refractivity contribution in [3.8, 4) is 17.0 Å². The molecular formula is C23H25N5O3S.